The van der Waals surface area contributed by atoms with Gasteiger partial charge in [0.05, 0.1) is 10.7 Å². The largest absolute Gasteiger partial charge is 0.490 e. The Bertz CT molecular complexity index is 853. The lowest BCUT2D eigenvalue weighted by molar-refractivity contribution is -0.112. The molecule has 4 nitrogen and oxygen atoms in total. The summed E-state index contributed by atoms with van der Waals surface area (Å²) < 4.78 is 5.38. The van der Waals surface area contributed by atoms with Gasteiger partial charge in [0.2, 0.25) is 0 Å². The van der Waals surface area contributed by atoms with E-state index in [0.29, 0.717) is 33.7 Å². The number of ether oxygens (including phenoxy) is 1. The Morgan fingerprint density at radius 3 is 2.56 bits per heavy atom. The minimum Gasteiger partial charge on any atom is -0.490 e. The molecule has 0 unspecified atom stereocenters. The van der Waals surface area contributed by atoms with Crippen LogP contribution in [0.4, 0.5) is 5.69 Å². The van der Waals surface area contributed by atoms with Crippen molar-refractivity contribution in [2.45, 2.75) is 0 Å². The minimum absolute atomic E-state index is 0.0502. The van der Waals surface area contributed by atoms with Gasteiger partial charge in [0, 0.05) is 5.02 Å². The number of carbonyl (C=O) groups is 1. The zero-order valence-electron chi connectivity index (χ0n) is 13.1. The lowest BCUT2D eigenvalue weighted by Gasteiger charge is -2.07. The first kappa shape index (κ1) is 18.6. The van der Waals surface area contributed by atoms with Gasteiger partial charge < -0.3 is 10.1 Å². The Kier molecular flexibility index (Phi) is 6.64. The van der Waals surface area contributed by atoms with E-state index in [1.807, 2.05) is 6.07 Å². The number of hydrogen-bond acceptors (Lipinski definition) is 3. The lowest BCUT2D eigenvalue weighted by Crippen LogP contribution is -2.13. The number of amides is 1. The molecule has 0 saturated carbocycles. The second-order valence-corrected chi connectivity index (χ2v) is 5.76. The molecular weight excluding hydrogens is 359 g/mol. The fraction of sp³-hybridized carbons (Fsp3) is 0.0526. The van der Waals surface area contributed by atoms with E-state index in [0.717, 1.165) is 0 Å². The highest BCUT2D eigenvalue weighted by molar-refractivity contribution is 6.36. The second-order valence-electron chi connectivity index (χ2n) is 4.92. The number of benzene rings is 2. The normalized spacial score (nSPS) is 10.7. The van der Waals surface area contributed by atoms with Crippen molar-refractivity contribution in [1.82, 2.24) is 0 Å². The van der Waals surface area contributed by atoms with Gasteiger partial charge in [-0.3, -0.25) is 4.79 Å². The van der Waals surface area contributed by atoms with Crippen LogP contribution in [0.3, 0.4) is 0 Å². The molecule has 0 aliphatic rings. The van der Waals surface area contributed by atoms with E-state index >= 15 is 0 Å². The molecule has 0 spiro atoms. The van der Waals surface area contributed by atoms with Gasteiger partial charge in [-0.25, -0.2) is 0 Å². The summed E-state index contributed by atoms with van der Waals surface area (Å²) in [5, 5.41) is 12.6. The molecule has 0 radical (unpaired) electrons. The third-order valence-electron chi connectivity index (χ3n) is 3.10. The van der Waals surface area contributed by atoms with E-state index in [-0.39, 0.29) is 5.57 Å². The number of rotatable bonds is 6. The molecule has 1 N–H and O–H groups in total. The molecular formula is C19H14Cl2N2O2. The standard InChI is InChI=1S/C19H14Cl2N2O2/c1-2-9-25-16-6-3-13(4-7-16)10-14(12-22)19(24)23-18-8-5-15(20)11-17(18)21/h2-8,10-11H,1,9H2,(H,23,24)/b14-10+. The van der Waals surface area contributed by atoms with Crippen LogP contribution < -0.4 is 10.1 Å². The molecule has 2 aromatic rings. The number of hydrogen-bond donors (Lipinski definition) is 1. The fourth-order valence-electron chi connectivity index (χ4n) is 1.91. The predicted octanol–water partition coefficient (Wildman–Crippen LogP) is 5.10. The van der Waals surface area contributed by atoms with Crippen LogP contribution in [0.15, 0.2) is 60.7 Å². The maximum atomic E-state index is 12.3. The van der Waals surface area contributed by atoms with Crippen molar-refractivity contribution in [3.8, 4) is 11.8 Å². The smallest absolute Gasteiger partial charge is 0.266 e. The Balaban J connectivity index is 2.14. The number of anilines is 1. The number of carbonyl (C=O) groups excluding carboxylic acids is 1. The van der Waals surface area contributed by atoms with Gasteiger partial charge in [-0.05, 0) is 42.0 Å². The molecule has 0 heterocycles. The maximum Gasteiger partial charge on any atom is 0.266 e. The summed E-state index contributed by atoms with van der Waals surface area (Å²) in [7, 11) is 0. The molecule has 2 aromatic carbocycles. The van der Waals surface area contributed by atoms with Gasteiger partial charge in [0.1, 0.15) is 24.0 Å². The summed E-state index contributed by atoms with van der Waals surface area (Å²) in [6.07, 6.45) is 3.13. The van der Waals surface area contributed by atoms with Crippen molar-refractivity contribution in [3.63, 3.8) is 0 Å². The van der Waals surface area contributed by atoms with E-state index in [2.05, 4.69) is 11.9 Å². The van der Waals surface area contributed by atoms with E-state index < -0.39 is 5.91 Å². The summed E-state index contributed by atoms with van der Waals surface area (Å²) in [4.78, 5) is 12.3. The number of nitrogens with one attached hydrogen (secondary N) is 1. The third kappa shape index (κ3) is 5.39. The van der Waals surface area contributed by atoms with Crippen LogP contribution in [0.25, 0.3) is 6.08 Å². The Morgan fingerprint density at radius 2 is 1.96 bits per heavy atom. The van der Waals surface area contributed by atoms with Crippen molar-refractivity contribution in [2.75, 3.05) is 11.9 Å². The molecule has 0 fully saturated rings. The summed E-state index contributed by atoms with van der Waals surface area (Å²) >= 11 is 11.8. The van der Waals surface area contributed by atoms with Crippen molar-refractivity contribution in [2.24, 2.45) is 0 Å². The minimum atomic E-state index is -0.557. The Labute approximate surface area is 155 Å². The summed E-state index contributed by atoms with van der Waals surface area (Å²) in [5.41, 5.74) is 1.02. The third-order valence-corrected chi connectivity index (χ3v) is 3.65. The number of halogens is 2. The first-order valence-corrected chi connectivity index (χ1v) is 8.01. The first-order chi connectivity index (χ1) is 12.0. The first-order valence-electron chi connectivity index (χ1n) is 7.25. The zero-order chi connectivity index (χ0) is 18.2. The summed E-state index contributed by atoms with van der Waals surface area (Å²) in [6, 6.07) is 13.6. The molecule has 0 bridgehead atoms. The molecule has 0 atom stereocenters. The van der Waals surface area contributed by atoms with E-state index in [1.54, 1.807) is 42.5 Å². The maximum absolute atomic E-state index is 12.3. The van der Waals surface area contributed by atoms with Crippen LogP contribution in [0.2, 0.25) is 10.0 Å². The van der Waals surface area contributed by atoms with Crippen molar-refractivity contribution < 1.29 is 9.53 Å². The Hall–Kier alpha value is -2.74. The van der Waals surface area contributed by atoms with Gasteiger partial charge in [-0.1, -0.05) is 48.0 Å². The molecule has 126 valence electrons. The van der Waals surface area contributed by atoms with Gasteiger partial charge in [0.25, 0.3) is 5.91 Å². The molecule has 0 aromatic heterocycles. The number of nitrogens with zero attached hydrogens (tertiary/aromatic N) is 1. The topological polar surface area (TPSA) is 62.1 Å². The molecule has 0 aliphatic heterocycles. The van der Waals surface area contributed by atoms with E-state index in [4.69, 9.17) is 27.9 Å². The van der Waals surface area contributed by atoms with Gasteiger partial charge in [0.15, 0.2) is 0 Å². The van der Waals surface area contributed by atoms with E-state index in [1.165, 1.54) is 12.1 Å². The molecule has 6 heteroatoms. The average molecular weight is 373 g/mol. The van der Waals surface area contributed by atoms with Crippen LogP contribution in [-0.2, 0) is 4.79 Å². The molecule has 0 saturated heterocycles. The molecule has 1 amide bonds. The van der Waals surface area contributed by atoms with E-state index in [9.17, 15) is 10.1 Å². The predicted molar refractivity (Wildman–Crippen MR) is 101 cm³/mol. The summed E-state index contributed by atoms with van der Waals surface area (Å²) in [5.74, 6) is 0.117. The lowest BCUT2D eigenvalue weighted by atomic mass is 10.1. The SMILES string of the molecule is C=CCOc1ccc(/C=C(\C#N)C(=O)Nc2ccc(Cl)cc2Cl)cc1. The monoisotopic (exact) mass is 372 g/mol. The zero-order valence-corrected chi connectivity index (χ0v) is 14.6. The van der Waals surface area contributed by atoms with Gasteiger partial charge in [-0.2, -0.15) is 5.26 Å². The van der Waals surface area contributed by atoms with Gasteiger partial charge >= 0.3 is 0 Å². The highest BCUT2D eigenvalue weighted by atomic mass is 35.5. The van der Waals surface area contributed by atoms with Crippen molar-refractivity contribution in [1.29, 1.82) is 5.26 Å². The van der Waals surface area contributed by atoms with Crippen LogP contribution >= 0.6 is 23.2 Å². The summed E-state index contributed by atoms with van der Waals surface area (Å²) in [6.45, 7) is 3.98. The van der Waals surface area contributed by atoms with Crippen LogP contribution in [0.1, 0.15) is 5.56 Å². The quantitative estimate of drug-likeness (QED) is 0.435. The van der Waals surface area contributed by atoms with Crippen molar-refractivity contribution in [3.05, 3.63) is 76.3 Å². The highest BCUT2D eigenvalue weighted by Gasteiger charge is 2.11. The van der Waals surface area contributed by atoms with Crippen molar-refractivity contribution >= 4 is 40.9 Å². The fourth-order valence-corrected chi connectivity index (χ4v) is 2.37. The highest BCUT2D eigenvalue weighted by Crippen LogP contribution is 2.26. The van der Waals surface area contributed by atoms with Crippen LogP contribution in [0, 0.1) is 11.3 Å². The van der Waals surface area contributed by atoms with Gasteiger partial charge in [-0.15, -0.1) is 0 Å². The molecule has 0 aliphatic carbocycles. The van der Waals surface area contributed by atoms with Crippen LogP contribution in [0.5, 0.6) is 5.75 Å². The molecule has 2 rings (SSSR count). The van der Waals surface area contributed by atoms with Crippen LogP contribution in [-0.4, -0.2) is 12.5 Å². The second kappa shape index (κ2) is 8.93. The Morgan fingerprint density at radius 1 is 1.24 bits per heavy atom. The molecule has 25 heavy (non-hydrogen) atoms. The average Bonchev–Trinajstić information content (AvgIpc) is 2.61. The number of nitriles is 1.